The molecule has 0 bridgehead atoms. The van der Waals surface area contributed by atoms with Gasteiger partial charge in [0, 0.05) is 31.2 Å². The Labute approximate surface area is 114 Å². The molecule has 0 aromatic carbocycles. The average molecular weight is 285 g/mol. The lowest BCUT2D eigenvalue weighted by Gasteiger charge is -2.05. The number of hydrogen-bond donors (Lipinski definition) is 3. The Morgan fingerprint density at radius 3 is 2.74 bits per heavy atom. The molecule has 0 atom stereocenters. The second-order valence-electron chi connectivity index (χ2n) is 3.78. The van der Waals surface area contributed by atoms with Crippen LogP contribution in [0.2, 0.25) is 0 Å². The first-order valence-electron chi connectivity index (χ1n) is 5.74. The third-order valence-corrected chi connectivity index (χ3v) is 2.83. The van der Waals surface area contributed by atoms with Crippen LogP contribution in [0.5, 0.6) is 0 Å². The summed E-state index contributed by atoms with van der Waals surface area (Å²) in [6, 6.07) is -0.574. The number of carboxylic acids is 1. The Morgan fingerprint density at radius 1 is 1.32 bits per heavy atom. The normalized spacial score (nSPS) is 9.89. The third kappa shape index (κ3) is 7.14. The van der Waals surface area contributed by atoms with Crippen molar-refractivity contribution in [2.75, 3.05) is 6.54 Å². The lowest BCUT2D eigenvalue weighted by Crippen LogP contribution is -2.40. The largest absolute Gasteiger partial charge is 0.481 e. The van der Waals surface area contributed by atoms with Gasteiger partial charge in [-0.2, -0.15) is 0 Å². The number of aliphatic carboxylic acids is 1. The smallest absolute Gasteiger partial charge is 0.321 e. The first kappa shape index (κ1) is 15.1. The van der Waals surface area contributed by atoms with Crippen LogP contribution in [-0.4, -0.2) is 34.5 Å². The van der Waals surface area contributed by atoms with Crippen molar-refractivity contribution in [1.29, 1.82) is 0 Å². The number of thiazole rings is 1. The number of rotatable bonds is 7. The Bertz CT molecular complexity index is 433. The van der Waals surface area contributed by atoms with Crippen molar-refractivity contribution >= 4 is 29.2 Å². The van der Waals surface area contributed by atoms with Gasteiger partial charge in [-0.15, -0.1) is 11.3 Å². The molecule has 0 spiro atoms. The monoisotopic (exact) mass is 285 g/mol. The predicted octanol–water partition coefficient (Wildman–Crippen LogP) is 0.766. The first-order valence-corrected chi connectivity index (χ1v) is 6.68. The number of carbonyl (C=O) groups is 3. The molecule has 0 aliphatic rings. The van der Waals surface area contributed by atoms with E-state index in [0.29, 0.717) is 13.0 Å². The highest BCUT2D eigenvalue weighted by molar-refractivity contribution is 7.07. The van der Waals surface area contributed by atoms with Gasteiger partial charge < -0.3 is 10.4 Å². The summed E-state index contributed by atoms with van der Waals surface area (Å²) in [7, 11) is 0. The second-order valence-corrected chi connectivity index (χ2v) is 4.50. The van der Waals surface area contributed by atoms with Gasteiger partial charge in [0.1, 0.15) is 0 Å². The molecule has 3 amide bonds. The highest BCUT2D eigenvalue weighted by Gasteiger charge is 2.08. The molecule has 104 valence electrons. The zero-order valence-electron chi connectivity index (χ0n) is 10.2. The van der Waals surface area contributed by atoms with Gasteiger partial charge in [0.15, 0.2) is 0 Å². The molecule has 1 rings (SSSR count). The van der Waals surface area contributed by atoms with Crippen LogP contribution in [-0.2, 0) is 16.0 Å². The molecule has 0 saturated heterocycles. The molecule has 0 unspecified atom stereocenters. The van der Waals surface area contributed by atoms with Crippen LogP contribution in [0.3, 0.4) is 0 Å². The average Bonchev–Trinajstić information content (AvgIpc) is 2.81. The Hall–Kier alpha value is -1.96. The van der Waals surface area contributed by atoms with E-state index >= 15 is 0 Å². The number of nitrogens with zero attached hydrogens (tertiary/aromatic N) is 1. The highest BCUT2D eigenvalue weighted by atomic mass is 32.1. The van der Waals surface area contributed by atoms with Crippen molar-refractivity contribution in [3.63, 3.8) is 0 Å². The van der Waals surface area contributed by atoms with Gasteiger partial charge in [0.05, 0.1) is 11.2 Å². The second kappa shape index (κ2) is 8.20. The quantitative estimate of drug-likeness (QED) is 0.685. The molecule has 0 radical (unpaired) electrons. The van der Waals surface area contributed by atoms with Gasteiger partial charge in [-0.3, -0.25) is 14.9 Å². The summed E-state index contributed by atoms with van der Waals surface area (Å²) in [5.74, 6) is -1.44. The lowest BCUT2D eigenvalue weighted by atomic mass is 10.2. The van der Waals surface area contributed by atoms with Crippen LogP contribution >= 0.6 is 11.3 Å². The fourth-order valence-corrected chi connectivity index (χ4v) is 1.89. The fraction of sp³-hybridized carbons (Fsp3) is 0.455. The standard InChI is InChI=1S/C11H15N3O4S/c15-9(2-1-3-10(16)17)14-11(18)12-5-4-8-6-19-7-13-8/h6-7H,1-5H2,(H,16,17)(H2,12,14,15,18). The minimum Gasteiger partial charge on any atom is -0.481 e. The Morgan fingerprint density at radius 2 is 2.11 bits per heavy atom. The lowest BCUT2D eigenvalue weighted by molar-refractivity contribution is -0.137. The number of amides is 3. The molecule has 1 heterocycles. The number of imide groups is 1. The van der Waals surface area contributed by atoms with Crippen LogP contribution < -0.4 is 10.6 Å². The number of carbonyl (C=O) groups excluding carboxylic acids is 2. The minimum absolute atomic E-state index is 0.0196. The van der Waals surface area contributed by atoms with Gasteiger partial charge >= 0.3 is 12.0 Å². The maximum absolute atomic E-state index is 11.3. The maximum Gasteiger partial charge on any atom is 0.321 e. The molecule has 1 aromatic rings. The zero-order valence-corrected chi connectivity index (χ0v) is 11.0. The molecular formula is C11H15N3O4S. The topological polar surface area (TPSA) is 108 Å². The summed E-state index contributed by atoms with van der Waals surface area (Å²) in [5.41, 5.74) is 2.60. The van der Waals surface area contributed by atoms with Crippen molar-refractivity contribution in [3.05, 3.63) is 16.6 Å². The van der Waals surface area contributed by atoms with Crippen LogP contribution in [0.15, 0.2) is 10.9 Å². The summed E-state index contributed by atoms with van der Waals surface area (Å²) in [6.45, 7) is 0.387. The zero-order chi connectivity index (χ0) is 14.1. The van der Waals surface area contributed by atoms with Crippen molar-refractivity contribution in [2.45, 2.75) is 25.7 Å². The van der Waals surface area contributed by atoms with Crippen molar-refractivity contribution in [2.24, 2.45) is 0 Å². The molecule has 1 aromatic heterocycles. The number of aromatic nitrogens is 1. The van der Waals surface area contributed by atoms with E-state index in [9.17, 15) is 14.4 Å². The van der Waals surface area contributed by atoms with E-state index in [0.717, 1.165) is 5.69 Å². The summed E-state index contributed by atoms with van der Waals surface area (Å²) in [6.07, 6.45) is 0.752. The Balaban J connectivity index is 2.09. The van der Waals surface area contributed by atoms with Crippen molar-refractivity contribution in [3.8, 4) is 0 Å². The van der Waals surface area contributed by atoms with E-state index < -0.39 is 17.9 Å². The first-order chi connectivity index (χ1) is 9.08. The van der Waals surface area contributed by atoms with E-state index in [1.807, 2.05) is 5.38 Å². The van der Waals surface area contributed by atoms with E-state index in [4.69, 9.17) is 5.11 Å². The van der Waals surface area contributed by atoms with E-state index in [1.165, 1.54) is 11.3 Å². The molecule has 0 aliphatic heterocycles. The van der Waals surface area contributed by atoms with Crippen molar-refractivity contribution < 1.29 is 19.5 Å². The number of nitrogens with one attached hydrogen (secondary N) is 2. The summed E-state index contributed by atoms with van der Waals surface area (Å²) in [5, 5.41) is 14.9. The van der Waals surface area contributed by atoms with Gasteiger partial charge in [0.25, 0.3) is 0 Å². The van der Waals surface area contributed by atoms with Crippen LogP contribution in [0.25, 0.3) is 0 Å². The predicted molar refractivity (Wildman–Crippen MR) is 68.8 cm³/mol. The molecule has 0 fully saturated rings. The molecule has 0 saturated carbocycles. The van der Waals surface area contributed by atoms with Crippen LogP contribution in [0, 0.1) is 0 Å². The number of hydrogen-bond acceptors (Lipinski definition) is 5. The SMILES string of the molecule is O=C(O)CCCC(=O)NC(=O)NCCc1cscn1. The van der Waals surface area contributed by atoms with Gasteiger partial charge in [-0.05, 0) is 6.42 Å². The number of carboxylic acid groups (broad SMARTS) is 1. The van der Waals surface area contributed by atoms with Crippen LogP contribution in [0.4, 0.5) is 4.79 Å². The molecular weight excluding hydrogens is 270 g/mol. The minimum atomic E-state index is -0.958. The fourth-order valence-electron chi connectivity index (χ4n) is 1.30. The number of urea groups is 1. The van der Waals surface area contributed by atoms with Crippen LogP contribution in [0.1, 0.15) is 25.0 Å². The third-order valence-electron chi connectivity index (χ3n) is 2.20. The van der Waals surface area contributed by atoms with E-state index in [1.54, 1.807) is 5.51 Å². The van der Waals surface area contributed by atoms with Crippen molar-refractivity contribution in [1.82, 2.24) is 15.6 Å². The molecule has 7 nitrogen and oxygen atoms in total. The van der Waals surface area contributed by atoms with Gasteiger partial charge in [0.2, 0.25) is 5.91 Å². The molecule has 8 heteroatoms. The van der Waals surface area contributed by atoms with Gasteiger partial charge in [-0.25, -0.2) is 9.78 Å². The highest BCUT2D eigenvalue weighted by Crippen LogP contribution is 2.00. The molecule has 3 N–H and O–H groups in total. The summed E-state index contributed by atoms with van der Waals surface area (Å²) < 4.78 is 0. The summed E-state index contributed by atoms with van der Waals surface area (Å²) >= 11 is 1.48. The molecule has 19 heavy (non-hydrogen) atoms. The van der Waals surface area contributed by atoms with Gasteiger partial charge in [-0.1, -0.05) is 0 Å². The summed E-state index contributed by atoms with van der Waals surface area (Å²) in [4.78, 5) is 36.8. The Kier molecular flexibility index (Phi) is 6.51. The molecule has 0 aliphatic carbocycles. The van der Waals surface area contributed by atoms with E-state index in [-0.39, 0.29) is 19.3 Å². The van der Waals surface area contributed by atoms with E-state index in [2.05, 4.69) is 15.6 Å². The maximum atomic E-state index is 11.3.